The van der Waals surface area contributed by atoms with E-state index in [1.165, 1.54) is 0 Å². The van der Waals surface area contributed by atoms with E-state index in [2.05, 4.69) is 5.92 Å². The third-order valence-corrected chi connectivity index (χ3v) is 4.49. The lowest BCUT2D eigenvalue weighted by Gasteiger charge is -2.30. The minimum Gasteiger partial charge on any atom is -0.482 e. The van der Waals surface area contributed by atoms with Crippen LogP contribution in [0.25, 0.3) is 0 Å². The van der Waals surface area contributed by atoms with Gasteiger partial charge in [0.1, 0.15) is 5.75 Å². The summed E-state index contributed by atoms with van der Waals surface area (Å²) < 4.78 is 5.43. The van der Waals surface area contributed by atoms with Crippen molar-refractivity contribution in [1.29, 1.82) is 0 Å². The molecule has 0 saturated heterocycles. The zero-order chi connectivity index (χ0) is 19.2. The quantitative estimate of drug-likeness (QED) is 0.743. The van der Waals surface area contributed by atoms with Crippen LogP contribution in [-0.4, -0.2) is 36.4 Å². The Kier molecular flexibility index (Phi) is 5.77. The van der Waals surface area contributed by atoms with Crippen molar-refractivity contribution in [3.8, 4) is 18.1 Å². The summed E-state index contributed by atoms with van der Waals surface area (Å²) in [6.45, 7) is 3.00. The number of nitrogens with zero attached hydrogens (tertiary/aromatic N) is 2. The molecule has 2 amide bonds. The van der Waals surface area contributed by atoms with Crippen molar-refractivity contribution in [3.63, 3.8) is 0 Å². The van der Waals surface area contributed by atoms with Crippen molar-refractivity contribution in [2.45, 2.75) is 19.9 Å². The van der Waals surface area contributed by atoms with Crippen molar-refractivity contribution < 1.29 is 14.3 Å². The molecule has 3 rings (SSSR count). The molecular formula is C22H22N2O3. The number of carbonyl (C=O) groups excluding carboxylic acids is 2. The largest absolute Gasteiger partial charge is 0.482 e. The Balaban J connectivity index is 1.66. The third kappa shape index (κ3) is 4.48. The van der Waals surface area contributed by atoms with Crippen LogP contribution in [0.1, 0.15) is 17.5 Å². The fourth-order valence-corrected chi connectivity index (χ4v) is 3.02. The van der Waals surface area contributed by atoms with E-state index in [0.29, 0.717) is 24.5 Å². The Morgan fingerprint density at radius 1 is 1.22 bits per heavy atom. The molecule has 5 nitrogen and oxygen atoms in total. The second kappa shape index (κ2) is 8.41. The van der Waals surface area contributed by atoms with Crippen LogP contribution in [0.5, 0.6) is 5.75 Å². The average Bonchev–Trinajstić information content (AvgIpc) is 2.68. The molecule has 0 radical (unpaired) electrons. The minimum atomic E-state index is -0.150. The standard InChI is InChI=1S/C22H22N2O3/c1-3-13-23(15-18-10-8-17(2)9-11-18)21(25)12-14-24-19-6-4-5-7-20(19)27-16-22(24)26/h1,4-11H,12-16H2,2H3. The monoisotopic (exact) mass is 362 g/mol. The van der Waals surface area contributed by atoms with Gasteiger partial charge >= 0.3 is 0 Å². The Morgan fingerprint density at radius 2 is 1.96 bits per heavy atom. The van der Waals surface area contributed by atoms with Gasteiger partial charge < -0.3 is 14.5 Å². The molecule has 0 N–H and O–H groups in total. The molecular weight excluding hydrogens is 340 g/mol. The highest BCUT2D eigenvalue weighted by molar-refractivity contribution is 5.98. The fraction of sp³-hybridized carbons (Fsp3) is 0.273. The van der Waals surface area contributed by atoms with Gasteiger partial charge in [0.05, 0.1) is 12.2 Å². The molecule has 0 fully saturated rings. The Bertz CT molecular complexity index is 868. The Hall–Kier alpha value is -3.26. The van der Waals surface area contributed by atoms with E-state index in [9.17, 15) is 9.59 Å². The van der Waals surface area contributed by atoms with Gasteiger partial charge in [-0.1, -0.05) is 47.9 Å². The lowest BCUT2D eigenvalue weighted by atomic mass is 10.1. The molecule has 5 heteroatoms. The number of aryl methyl sites for hydroxylation is 1. The Morgan fingerprint density at radius 3 is 2.70 bits per heavy atom. The number of ether oxygens (including phenoxy) is 1. The molecule has 0 aliphatic carbocycles. The summed E-state index contributed by atoms with van der Waals surface area (Å²) in [5.41, 5.74) is 2.89. The van der Waals surface area contributed by atoms with E-state index in [0.717, 1.165) is 11.1 Å². The molecule has 0 spiro atoms. The summed E-state index contributed by atoms with van der Waals surface area (Å²) in [6, 6.07) is 15.4. The van der Waals surface area contributed by atoms with Crippen LogP contribution in [0.15, 0.2) is 48.5 Å². The van der Waals surface area contributed by atoms with Crippen LogP contribution >= 0.6 is 0 Å². The van der Waals surface area contributed by atoms with Gasteiger partial charge in [-0.05, 0) is 24.6 Å². The summed E-state index contributed by atoms with van der Waals surface area (Å²) >= 11 is 0. The lowest BCUT2D eigenvalue weighted by Crippen LogP contribution is -2.41. The SMILES string of the molecule is C#CCN(Cc1ccc(C)cc1)C(=O)CCN1C(=O)COc2ccccc21. The van der Waals surface area contributed by atoms with Crippen molar-refractivity contribution in [2.24, 2.45) is 0 Å². The number of fused-ring (bicyclic) bond motifs is 1. The van der Waals surface area contributed by atoms with Gasteiger partial charge in [0.15, 0.2) is 6.61 Å². The molecule has 2 aromatic carbocycles. The third-order valence-electron chi connectivity index (χ3n) is 4.49. The molecule has 0 saturated carbocycles. The molecule has 27 heavy (non-hydrogen) atoms. The molecule has 2 aromatic rings. The van der Waals surface area contributed by atoms with E-state index in [4.69, 9.17) is 11.2 Å². The topological polar surface area (TPSA) is 49.9 Å². The summed E-state index contributed by atoms with van der Waals surface area (Å²) in [6.07, 6.45) is 5.65. The van der Waals surface area contributed by atoms with Gasteiger partial charge in [-0.25, -0.2) is 0 Å². The molecule has 138 valence electrons. The van der Waals surface area contributed by atoms with E-state index in [1.54, 1.807) is 9.80 Å². The molecule has 0 atom stereocenters. The van der Waals surface area contributed by atoms with Crippen molar-refractivity contribution >= 4 is 17.5 Å². The number of amides is 2. The van der Waals surface area contributed by atoms with Gasteiger partial charge in [0.25, 0.3) is 5.91 Å². The van der Waals surface area contributed by atoms with Crippen molar-refractivity contribution in [1.82, 2.24) is 4.90 Å². The predicted octanol–water partition coefficient (Wildman–Crippen LogP) is 2.77. The van der Waals surface area contributed by atoms with Crippen LogP contribution < -0.4 is 9.64 Å². The molecule has 1 aliphatic heterocycles. The number of para-hydroxylation sites is 2. The summed E-state index contributed by atoms with van der Waals surface area (Å²) in [7, 11) is 0. The first-order valence-electron chi connectivity index (χ1n) is 8.87. The number of terminal acetylenes is 1. The van der Waals surface area contributed by atoms with E-state index in [-0.39, 0.29) is 31.4 Å². The van der Waals surface area contributed by atoms with Gasteiger partial charge in [-0.15, -0.1) is 6.42 Å². The number of hydrogen-bond acceptors (Lipinski definition) is 3. The summed E-state index contributed by atoms with van der Waals surface area (Å²) in [5.74, 6) is 2.98. The Labute approximate surface area is 159 Å². The van der Waals surface area contributed by atoms with Gasteiger partial charge in [-0.2, -0.15) is 0 Å². The van der Waals surface area contributed by atoms with Crippen LogP contribution in [0, 0.1) is 19.3 Å². The fourth-order valence-electron chi connectivity index (χ4n) is 3.02. The minimum absolute atomic E-state index is 0.0113. The summed E-state index contributed by atoms with van der Waals surface area (Å²) in [4.78, 5) is 28.2. The number of benzene rings is 2. The first-order chi connectivity index (χ1) is 13.1. The van der Waals surface area contributed by atoms with Crippen LogP contribution in [0.3, 0.4) is 0 Å². The summed E-state index contributed by atoms with van der Waals surface area (Å²) in [5, 5.41) is 0. The highest BCUT2D eigenvalue weighted by atomic mass is 16.5. The molecule has 0 aromatic heterocycles. The van der Waals surface area contributed by atoms with E-state index < -0.39 is 0 Å². The highest BCUT2D eigenvalue weighted by Gasteiger charge is 2.26. The second-order valence-electron chi connectivity index (χ2n) is 6.49. The zero-order valence-electron chi connectivity index (χ0n) is 15.4. The second-order valence-corrected chi connectivity index (χ2v) is 6.49. The van der Waals surface area contributed by atoms with Crippen molar-refractivity contribution in [3.05, 3.63) is 59.7 Å². The first-order valence-corrected chi connectivity index (χ1v) is 8.87. The normalized spacial score (nSPS) is 12.7. The maximum Gasteiger partial charge on any atom is 0.265 e. The van der Waals surface area contributed by atoms with E-state index >= 15 is 0 Å². The number of anilines is 1. The van der Waals surface area contributed by atoms with Crippen molar-refractivity contribution in [2.75, 3.05) is 24.6 Å². The average molecular weight is 362 g/mol. The first kappa shape index (κ1) is 18.5. The lowest BCUT2D eigenvalue weighted by molar-refractivity contribution is -0.131. The zero-order valence-corrected chi connectivity index (χ0v) is 15.4. The van der Waals surface area contributed by atoms with Crippen LogP contribution in [0.2, 0.25) is 0 Å². The maximum absolute atomic E-state index is 12.7. The van der Waals surface area contributed by atoms with E-state index in [1.807, 2.05) is 55.5 Å². The van der Waals surface area contributed by atoms with Gasteiger partial charge in [0, 0.05) is 19.5 Å². The predicted molar refractivity (Wildman–Crippen MR) is 104 cm³/mol. The van der Waals surface area contributed by atoms with Crippen LogP contribution in [-0.2, 0) is 16.1 Å². The maximum atomic E-state index is 12.7. The molecule has 0 bridgehead atoms. The number of rotatable bonds is 6. The number of hydrogen-bond donors (Lipinski definition) is 0. The smallest absolute Gasteiger partial charge is 0.265 e. The molecule has 0 unspecified atom stereocenters. The van der Waals surface area contributed by atoms with Gasteiger partial charge in [-0.3, -0.25) is 9.59 Å². The molecule has 1 aliphatic rings. The van der Waals surface area contributed by atoms with Gasteiger partial charge in [0.2, 0.25) is 5.91 Å². The number of carbonyl (C=O) groups is 2. The van der Waals surface area contributed by atoms with Crippen LogP contribution in [0.4, 0.5) is 5.69 Å². The highest BCUT2D eigenvalue weighted by Crippen LogP contribution is 2.31. The molecule has 1 heterocycles.